The number of benzene rings is 2. The Morgan fingerprint density at radius 3 is 2.59 bits per heavy atom. The van der Waals surface area contributed by atoms with Gasteiger partial charge in [0.05, 0.1) is 17.5 Å². The lowest BCUT2D eigenvalue weighted by Gasteiger charge is -2.10. The number of ether oxygens (including phenoxy) is 2. The van der Waals surface area contributed by atoms with Crippen LogP contribution in [0.3, 0.4) is 0 Å². The minimum absolute atomic E-state index is 0.229. The summed E-state index contributed by atoms with van der Waals surface area (Å²) in [7, 11) is 3.63. The first kappa shape index (κ1) is 17.3. The fraction of sp³-hybridized carbons (Fsp3) is 0.238. The molecule has 2 aromatic carbocycles. The highest BCUT2D eigenvalue weighted by Crippen LogP contribution is 2.30. The fourth-order valence-electron chi connectivity index (χ4n) is 3.33. The second kappa shape index (κ2) is 7.25. The van der Waals surface area contributed by atoms with Crippen molar-refractivity contribution in [3.63, 3.8) is 0 Å². The first-order chi connectivity index (χ1) is 13.2. The van der Waals surface area contributed by atoms with Crippen LogP contribution in [0.4, 0.5) is 0 Å². The van der Waals surface area contributed by atoms with E-state index < -0.39 is 0 Å². The summed E-state index contributed by atoms with van der Waals surface area (Å²) in [6.45, 7) is 0.868. The number of hydrogen-bond donors (Lipinski definition) is 0. The van der Waals surface area contributed by atoms with Crippen LogP contribution in [0.2, 0.25) is 0 Å². The Balaban J connectivity index is 1.88. The Morgan fingerprint density at radius 2 is 1.81 bits per heavy atom. The summed E-state index contributed by atoms with van der Waals surface area (Å²) in [6, 6.07) is 17.3. The number of rotatable bonds is 6. The summed E-state index contributed by atoms with van der Waals surface area (Å²) in [4.78, 5) is 4.71. The first-order valence-corrected chi connectivity index (χ1v) is 8.86. The molecule has 0 aliphatic rings. The number of aromatic nitrogens is 3. The zero-order valence-corrected chi connectivity index (χ0v) is 15.4. The van der Waals surface area contributed by atoms with Crippen molar-refractivity contribution < 1.29 is 14.2 Å². The summed E-state index contributed by atoms with van der Waals surface area (Å²) in [6.07, 6.45) is 0.660. The monoisotopic (exact) mass is 363 g/mol. The van der Waals surface area contributed by atoms with Crippen LogP contribution in [0, 0.1) is 5.21 Å². The normalized spacial score (nSPS) is 11.3. The van der Waals surface area contributed by atoms with Gasteiger partial charge in [-0.1, -0.05) is 42.5 Å². The molecule has 0 fully saturated rings. The van der Waals surface area contributed by atoms with Crippen molar-refractivity contribution in [2.45, 2.75) is 13.0 Å². The SMILES string of the molecule is COCCc1nc2c(OCc3ccccc3)[n+]([O-])c3ccccc3c2n1C. The lowest BCUT2D eigenvalue weighted by atomic mass is 10.2. The molecule has 0 aliphatic carbocycles. The molecule has 138 valence electrons. The zero-order chi connectivity index (χ0) is 18.8. The van der Waals surface area contributed by atoms with Crippen molar-refractivity contribution >= 4 is 21.9 Å². The standard InChI is InChI=1S/C21H21N3O3/c1-23-18(12-13-26-2)22-19-20(23)16-10-6-7-11-17(16)24(25)21(19)27-14-15-8-4-3-5-9-15/h3-11H,12-14H2,1-2H3. The molecule has 2 heterocycles. The van der Waals surface area contributed by atoms with Crippen molar-refractivity contribution in [2.75, 3.05) is 13.7 Å². The molecule has 4 rings (SSSR count). The predicted molar refractivity (Wildman–Crippen MR) is 104 cm³/mol. The van der Waals surface area contributed by atoms with E-state index in [1.54, 1.807) is 13.2 Å². The maximum atomic E-state index is 13.0. The maximum Gasteiger partial charge on any atom is 0.409 e. The summed E-state index contributed by atoms with van der Waals surface area (Å²) < 4.78 is 14.0. The molecule has 0 atom stereocenters. The number of aryl methyl sites for hydroxylation is 1. The van der Waals surface area contributed by atoms with Gasteiger partial charge in [-0.3, -0.25) is 0 Å². The van der Waals surface area contributed by atoms with Crippen molar-refractivity contribution in [2.24, 2.45) is 7.05 Å². The van der Waals surface area contributed by atoms with Crippen LogP contribution in [-0.4, -0.2) is 23.3 Å². The van der Waals surface area contributed by atoms with E-state index in [1.165, 1.54) is 0 Å². The zero-order valence-electron chi connectivity index (χ0n) is 15.4. The number of hydrogen-bond acceptors (Lipinski definition) is 4. The fourth-order valence-corrected chi connectivity index (χ4v) is 3.33. The van der Waals surface area contributed by atoms with Crippen LogP contribution in [0.25, 0.3) is 21.9 Å². The molecule has 0 aliphatic heterocycles. The first-order valence-electron chi connectivity index (χ1n) is 8.86. The van der Waals surface area contributed by atoms with E-state index >= 15 is 0 Å². The molecule has 0 radical (unpaired) electrons. The largest absolute Gasteiger partial charge is 0.616 e. The number of imidazole rings is 1. The molecule has 0 spiro atoms. The topological polar surface area (TPSA) is 63.2 Å². The molecule has 0 bridgehead atoms. The molecule has 0 amide bonds. The van der Waals surface area contributed by atoms with E-state index in [4.69, 9.17) is 14.5 Å². The average molecular weight is 363 g/mol. The van der Waals surface area contributed by atoms with Gasteiger partial charge in [-0.05, 0) is 11.6 Å². The lowest BCUT2D eigenvalue weighted by molar-refractivity contribution is -0.584. The van der Waals surface area contributed by atoms with E-state index in [9.17, 15) is 5.21 Å². The molecule has 0 saturated heterocycles. The van der Waals surface area contributed by atoms with Crippen LogP contribution in [0.15, 0.2) is 54.6 Å². The quantitative estimate of drug-likeness (QED) is 0.390. The van der Waals surface area contributed by atoms with Gasteiger partial charge in [0.2, 0.25) is 11.0 Å². The third-order valence-electron chi connectivity index (χ3n) is 4.70. The van der Waals surface area contributed by atoms with Crippen LogP contribution >= 0.6 is 0 Å². The van der Waals surface area contributed by atoms with Crippen molar-refractivity contribution in [1.29, 1.82) is 0 Å². The smallest absolute Gasteiger partial charge is 0.409 e. The highest BCUT2D eigenvalue weighted by Gasteiger charge is 2.25. The van der Waals surface area contributed by atoms with Gasteiger partial charge < -0.3 is 19.2 Å². The van der Waals surface area contributed by atoms with Gasteiger partial charge >= 0.3 is 5.88 Å². The van der Waals surface area contributed by atoms with Gasteiger partial charge in [0.1, 0.15) is 12.4 Å². The molecule has 6 heteroatoms. The van der Waals surface area contributed by atoms with Gasteiger partial charge in [0.15, 0.2) is 0 Å². The van der Waals surface area contributed by atoms with E-state index in [2.05, 4.69) is 0 Å². The molecule has 0 unspecified atom stereocenters. The molecular formula is C21H21N3O3. The second-order valence-electron chi connectivity index (χ2n) is 6.42. The number of fused-ring (bicyclic) bond motifs is 3. The number of pyridine rings is 1. The minimum atomic E-state index is 0.229. The van der Waals surface area contributed by atoms with Crippen LogP contribution < -0.4 is 9.47 Å². The van der Waals surface area contributed by atoms with E-state index in [0.29, 0.717) is 30.7 Å². The average Bonchev–Trinajstić information content (AvgIpc) is 3.03. The Kier molecular flexibility index (Phi) is 4.64. The van der Waals surface area contributed by atoms with Crippen molar-refractivity contribution in [3.05, 3.63) is 71.2 Å². The predicted octanol–water partition coefficient (Wildman–Crippen LogP) is 3.13. The summed E-state index contributed by atoms with van der Waals surface area (Å²) >= 11 is 0. The Morgan fingerprint density at radius 1 is 1.07 bits per heavy atom. The van der Waals surface area contributed by atoms with Gasteiger partial charge in [-0.15, -0.1) is 4.73 Å². The number of nitrogens with zero attached hydrogens (tertiary/aromatic N) is 3. The molecular weight excluding hydrogens is 342 g/mol. The van der Waals surface area contributed by atoms with Gasteiger partial charge in [0.25, 0.3) is 0 Å². The third kappa shape index (κ3) is 3.08. The summed E-state index contributed by atoms with van der Waals surface area (Å²) in [5.74, 6) is 1.08. The van der Waals surface area contributed by atoms with E-state index in [-0.39, 0.29) is 5.88 Å². The molecule has 2 aromatic heterocycles. The van der Waals surface area contributed by atoms with Crippen LogP contribution in [0.5, 0.6) is 5.88 Å². The van der Waals surface area contributed by atoms with Crippen molar-refractivity contribution in [1.82, 2.24) is 9.55 Å². The summed E-state index contributed by atoms with van der Waals surface area (Å²) in [5, 5.41) is 13.9. The van der Waals surface area contributed by atoms with E-state index in [1.807, 2.05) is 60.1 Å². The molecule has 4 aromatic rings. The Bertz CT molecular complexity index is 1090. The maximum absolute atomic E-state index is 13.0. The molecule has 6 nitrogen and oxygen atoms in total. The molecule has 0 N–H and O–H groups in total. The summed E-state index contributed by atoms with van der Waals surface area (Å²) in [5.41, 5.74) is 3.03. The second-order valence-corrected chi connectivity index (χ2v) is 6.42. The molecule has 27 heavy (non-hydrogen) atoms. The number of para-hydroxylation sites is 1. The van der Waals surface area contributed by atoms with E-state index in [0.717, 1.165) is 27.0 Å². The van der Waals surface area contributed by atoms with Crippen molar-refractivity contribution in [3.8, 4) is 5.88 Å². The molecule has 0 saturated carbocycles. The lowest BCUT2D eigenvalue weighted by Crippen LogP contribution is -2.30. The van der Waals surface area contributed by atoms with Crippen LogP contribution in [-0.2, 0) is 24.8 Å². The highest BCUT2D eigenvalue weighted by atomic mass is 16.5. The van der Waals surface area contributed by atoms with Gasteiger partial charge in [-0.2, -0.15) is 0 Å². The van der Waals surface area contributed by atoms with Gasteiger partial charge in [-0.25, -0.2) is 4.98 Å². The number of methoxy groups -OCH3 is 1. The third-order valence-corrected chi connectivity index (χ3v) is 4.70. The van der Waals surface area contributed by atoms with Crippen LogP contribution in [0.1, 0.15) is 11.4 Å². The Labute approximate surface area is 157 Å². The Hall–Kier alpha value is -3.12. The van der Waals surface area contributed by atoms with Gasteiger partial charge in [0, 0.05) is 26.6 Å². The highest BCUT2D eigenvalue weighted by molar-refractivity contribution is 6.02. The minimum Gasteiger partial charge on any atom is -0.616 e.